The normalized spacial score (nSPS) is 32.1. The second-order valence-corrected chi connectivity index (χ2v) is 6.29. The van der Waals surface area contributed by atoms with Crippen LogP contribution in [0.3, 0.4) is 0 Å². The smallest absolute Gasteiger partial charge is 0.223 e. The van der Waals surface area contributed by atoms with Crippen LogP contribution in [-0.2, 0) is 4.79 Å². The van der Waals surface area contributed by atoms with E-state index in [-0.39, 0.29) is 0 Å². The van der Waals surface area contributed by atoms with Crippen LogP contribution in [0, 0.1) is 17.3 Å². The van der Waals surface area contributed by atoms with Gasteiger partial charge < -0.3 is 5.32 Å². The lowest BCUT2D eigenvalue weighted by Gasteiger charge is -2.35. The predicted octanol–water partition coefficient (Wildman–Crippen LogP) is 3.10. The second kappa shape index (κ2) is 5.07. The molecule has 0 heterocycles. The molecule has 1 N–H and O–H groups in total. The molecule has 0 saturated heterocycles. The van der Waals surface area contributed by atoms with Crippen LogP contribution in [0.1, 0.15) is 45.4 Å². The van der Waals surface area contributed by atoms with Crippen molar-refractivity contribution in [2.75, 3.05) is 11.9 Å². The molecule has 3 heteroatoms. The van der Waals surface area contributed by atoms with E-state index >= 15 is 0 Å². The van der Waals surface area contributed by atoms with E-state index in [4.69, 9.17) is 0 Å². The molecule has 92 valence electrons. The van der Waals surface area contributed by atoms with Gasteiger partial charge in [-0.05, 0) is 30.6 Å². The van der Waals surface area contributed by atoms with Crippen molar-refractivity contribution in [3.8, 4) is 0 Å². The number of rotatable bonds is 4. The standard InChI is InChI=1S/C13H22BrNO/c1-10-7-11(10)12(16)15-9-13(8-14)5-3-2-4-6-13/h10-11H,2-9H2,1H3,(H,15,16). The highest BCUT2D eigenvalue weighted by atomic mass is 79.9. The molecule has 0 aromatic rings. The molecule has 2 aliphatic carbocycles. The minimum absolute atomic E-state index is 0.290. The third-order valence-electron chi connectivity index (χ3n) is 4.28. The number of halogens is 1. The van der Waals surface area contributed by atoms with Crippen molar-refractivity contribution in [3.63, 3.8) is 0 Å². The molecule has 2 aliphatic rings. The molecule has 0 bridgehead atoms. The summed E-state index contributed by atoms with van der Waals surface area (Å²) in [5.41, 5.74) is 0.339. The zero-order chi connectivity index (χ0) is 11.6. The molecule has 2 atom stereocenters. The Bertz CT molecular complexity index is 261. The number of carbonyl (C=O) groups excluding carboxylic acids is 1. The van der Waals surface area contributed by atoms with Gasteiger partial charge in [-0.15, -0.1) is 0 Å². The number of amides is 1. The lowest BCUT2D eigenvalue weighted by atomic mass is 9.75. The summed E-state index contributed by atoms with van der Waals surface area (Å²) in [6, 6.07) is 0. The van der Waals surface area contributed by atoms with Crippen LogP contribution < -0.4 is 5.32 Å². The van der Waals surface area contributed by atoms with Crippen LogP contribution in [0.5, 0.6) is 0 Å². The van der Waals surface area contributed by atoms with E-state index in [0.29, 0.717) is 23.2 Å². The van der Waals surface area contributed by atoms with Gasteiger partial charge in [-0.2, -0.15) is 0 Å². The van der Waals surface area contributed by atoms with Crippen LogP contribution in [0.25, 0.3) is 0 Å². The van der Waals surface area contributed by atoms with Gasteiger partial charge in [0.15, 0.2) is 0 Å². The zero-order valence-corrected chi connectivity index (χ0v) is 11.7. The van der Waals surface area contributed by atoms with Gasteiger partial charge in [0, 0.05) is 17.8 Å². The first-order chi connectivity index (χ1) is 7.67. The number of hydrogen-bond acceptors (Lipinski definition) is 1. The van der Waals surface area contributed by atoms with Gasteiger partial charge in [0.2, 0.25) is 5.91 Å². The molecule has 0 radical (unpaired) electrons. The minimum Gasteiger partial charge on any atom is -0.355 e. The highest BCUT2D eigenvalue weighted by molar-refractivity contribution is 9.09. The molecule has 0 aliphatic heterocycles. The number of nitrogens with one attached hydrogen (secondary N) is 1. The van der Waals surface area contributed by atoms with Crippen molar-refractivity contribution < 1.29 is 4.79 Å². The van der Waals surface area contributed by atoms with Crippen molar-refractivity contribution >= 4 is 21.8 Å². The molecule has 2 fully saturated rings. The molecule has 16 heavy (non-hydrogen) atoms. The third kappa shape index (κ3) is 2.79. The molecule has 2 rings (SSSR count). The van der Waals surface area contributed by atoms with E-state index in [1.165, 1.54) is 32.1 Å². The Hall–Kier alpha value is -0.0500. The summed E-state index contributed by atoms with van der Waals surface area (Å²) in [7, 11) is 0. The summed E-state index contributed by atoms with van der Waals surface area (Å²) >= 11 is 3.63. The fourth-order valence-electron chi connectivity index (χ4n) is 2.75. The van der Waals surface area contributed by atoms with Gasteiger partial charge in [0.05, 0.1) is 0 Å². The number of alkyl halides is 1. The van der Waals surface area contributed by atoms with E-state index in [2.05, 4.69) is 28.2 Å². The Kier molecular flexibility index (Phi) is 3.93. The van der Waals surface area contributed by atoms with Crippen LogP contribution in [0.15, 0.2) is 0 Å². The lowest BCUT2D eigenvalue weighted by Crippen LogP contribution is -2.40. The number of carbonyl (C=O) groups is 1. The molecule has 0 spiro atoms. The SMILES string of the molecule is CC1CC1C(=O)NCC1(CBr)CCCCC1. The summed E-state index contributed by atoms with van der Waals surface area (Å²) in [4.78, 5) is 11.8. The van der Waals surface area contributed by atoms with Crippen molar-refractivity contribution in [1.29, 1.82) is 0 Å². The maximum Gasteiger partial charge on any atom is 0.223 e. The Balaban J connectivity index is 1.80. The second-order valence-electron chi connectivity index (χ2n) is 5.73. The van der Waals surface area contributed by atoms with Crippen molar-refractivity contribution in [1.82, 2.24) is 5.32 Å². The van der Waals surface area contributed by atoms with Gasteiger partial charge in [-0.1, -0.05) is 42.1 Å². The van der Waals surface area contributed by atoms with Crippen LogP contribution >= 0.6 is 15.9 Å². The summed E-state index contributed by atoms with van der Waals surface area (Å²) in [5, 5.41) is 4.20. The predicted molar refractivity (Wildman–Crippen MR) is 69.6 cm³/mol. The summed E-state index contributed by atoms with van der Waals surface area (Å²) in [5.74, 6) is 1.22. The summed E-state index contributed by atoms with van der Waals surface area (Å²) in [6.45, 7) is 3.03. The Morgan fingerprint density at radius 2 is 2.00 bits per heavy atom. The van der Waals surface area contributed by atoms with E-state index in [1.807, 2.05) is 0 Å². The average molecular weight is 288 g/mol. The molecule has 2 unspecified atom stereocenters. The first-order valence-electron chi connectivity index (χ1n) is 6.51. The summed E-state index contributed by atoms with van der Waals surface area (Å²) in [6.07, 6.45) is 7.62. The quantitative estimate of drug-likeness (QED) is 0.791. The topological polar surface area (TPSA) is 29.1 Å². The number of hydrogen-bond donors (Lipinski definition) is 1. The first-order valence-corrected chi connectivity index (χ1v) is 7.63. The van der Waals surface area contributed by atoms with Gasteiger partial charge in [-0.3, -0.25) is 4.79 Å². The highest BCUT2D eigenvalue weighted by Gasteiger charge is 2.40. The van der Waals surface area contributed by atoms with E-state index in [1.54, 1.807) is 0 Å². The fraction of sp³-hybridized carbons (Fsp3) is 0.923. The zero-order valence-electron chi connectivity index (χ0n) is 10.1. The monoisotopic (exact) mass is 287 g/mol. The van der Waals surface area contributed by atoms with Gasteiger partial charge in [-0.25, -0.2) is 0 Å². The van der Waals surface area contributed by atoms with Gasteiger partial charge in [0.25, 0.3) is 0 Å². The lowest BCUT2D eigenvalue weighted by molar-refractivity contribution is -0.123. The van der Waals surface area contributed by atoms with E-state index in [9.17, 15) is 4.79 Å². The van der Waals surface area contributed by atoms with Crippen LogP contribution in [0.4, 0.5) is 0 Å². The maximum atomic E-state index is 11.8. The molecule has 0 aromatic carbocycles. The van der Waals surface area contributed by atoms with Crippen molar-refractivity contribution in [2.45, 2.75) is 45.4 Å². The molecule has 1 amide bonds. The molecule has 2 saturated carbocycles. The maximum absolute atomic E-state index is 11.8. The molecular weight excluding hydrogens is 266 g/mol. The van der Waals surface area contributed by atoms with Crippen LogP contribution in [0.2, 0.25) is 0 Å². The van der Waals surface area contributed by atoms with Crippen molar-refractivity contribution in [3.05, 3.63) is 0 Å². The molecule has 2 nitrogen and oxygen atoms in total. The van der Waals surface area contributed by atoms with Gasteiger partial charge >= 0.3 is 0 Å². The largest absolute Gasteiger partial charge is 0.355 e. The van der Waals surface area contributed by atoms with Gasteiger partial charge in [0.1, 0.15) is 0 Å². The molecule has 0 aromatic heterocycles. The van der Waals surface area contributed by atoms with Crippen LogP contribution in [-0.4, -0.2) is 17.8 Å². The Labute approximate surface area is 107 Å². The first kappa shape index (κ1) is 12.4. The van der Waals surface area contributed by atoms with Crippen molar-refractivity contribution in [2.24, 2.45) is 17.3 Å². The highest BCUT2D eigenvalue weighted by Crippen LogP contribution is 2.39. The Morgan fingerprint density at radius 1 is 1.38 bits per heavy atom. The summed E-state index contributed by atoms with van der Waals surface area (Å²) < 4.78 is 0. The molecular formula is C13H22BrNO. The van der Waals surface area contributed by atoms with E-state index in [0.717, 1.165) is 18.3 Å². The fourth-order valence-corrected chi connectivity index (χ4v) is 3.51. The minimum atomic E-state index is 0.290. The Morgan fingerprint density at radius 3 is 2.50 bits per heavy atom. The third-order valence-corrected chi connectivity index (χ3v) is 5.47. The van der Waals surface area contributed by atoms with E-state index < -0.39 is 0 Å². The average Bonchev–Trinajstić information content (AvgIpc) is 3.05.